The van der Waals surface area contributed by atoms with Crippen LogP contribution in [-0.4, -0.2) is 44.4 Å². The summed E-state index contributed by atoms with van der Waals surface area (Å²) in [5, 5.41) is 6.56. The number of carbonyl (C=O) groups excluding carboxylic acids is 1. The largest absolute Gasteiger partial charge is 0.477 e. The third kappa shape index (κ3) is 5.68. The fourth-order valence-electron chi connectivity index (χ4n) is 2.76. The van der Waals surface area contributed by atoms with Gasteiger partial charge in [-0.25, -0.2) is 0 Å². The van der Waals surface area contributed by atoms with Gasteiger partial charge in [0, 0.05) is 19.7 Å². The summed E-state index contributed by atoms with van der Waals surface area (Å²) in [5.41, 5.74) is 6.54. The van der Waals surface area contributed by atoms with E-state index in [1.54, 1.807) is 27.0 Å². The Bertz CT molecular complexity index is 688. The summed E-state index contributed by atoms with van der Waals surface area (Å²) in [5.74, 6) is 5.75. The minimum atomic E-state index is -0.372. The summed E-state index contributed by atoms with van der Waals surface area (Å²) in [4.78, 5) is 12.8. The predicted octanol–water partition coefficient (Wildman–Crippen LogP) is 2.24. The molecule has 1 aliphatic heterocycles. The molecule has 1 aromatic carbocycles. The van der Waals surface area contributed by atoms with Crippen molar-refractivity contribution in [3.8, 4) is 17.6 Å². The molecule has 0 unspecified atom stereocenters. The summed E-state index contributed by atoms with van der Waals surface area (Å²) in [6, 6.07) is 2.99. The van der Waals surface area contributed by atoms with E-state index in [0.717, 1.165) is 13.0 Å². The maximum atomic E-state index is 12.8. The summed E-state index contributed by atoms with van der Waals surface area (Å²) in [6.07, 6.45) is 0.319. The number of nitrogens with two attached hydrogens (primary N) is 1. The van der Waals surface area contributed by atoms with Gasteiger partial charge >= 0.3 is 0 Å². The molecule has 1 aromatic rings. The predicted molar refractivity (Wildman–Crippen MR) is 106 cm³/mol. The molecule has 0 radical (unpaired) electrons. The molecule has 1 fully saturated rings. The highest BCUT2D eigenvalue weighted by Crippen LogP contribution is 2.30. The highest BCUT2D eigenvalue weighted by atomic mass is 35.5. The average molecular weight is 402 g/mol. The zero-order valence-corrected chi connectivity index (χ0v) is 16.7. The molecule has 1 saturated heterocycles. The third-order valence-electron chi connectivity index (χ3n) is 4.04. The second-order valence-corrected chi connectivity index (χ2v) is 6.28. The second-order valence-electron chi connectivity index (χ2n) is 5.87. The van der Waals surface area contributed by atoms with E-state index in [1.807, 2.05) is 0 Å². The molecule has 4 N–H and O–H groups in total. The van der Waals surface area contributed by atoms with Gasteiger partial charge in [0.25, 0.3) is 5.91 Å². The molecule has 144 valence electrons. The van der Waals surface area contributed by atoms with Crippen LogP contribution in [0.5, 0.6) is 5.75 Å². The van der Waals surface area contributed by atoms with Crippen molar-refractivity contribution in [2.24, 2.45) is 0 Å². The number of piperidine rings is 1. The molecule has 0 aliphatic carbocycles. The van der Waals surface area contributed by atoms with Crippen LogP contribution in [0.25, 0.3) is 0 Å². The molecule has 2 rings (SSSR count). The Morgan fingerprint density at radius 1 is 1.50 bits per heavy atom. The first-order chi connectivity index (χ1) is 12.0. The standard InChI is InChI=1S/C18H24ClN3O3.ClH/c1-4-5-11(2)25-16-9-14(20)13(19)8-12(16)18(23)22-15-6-7-21-10-17(15)24-3;/h8-9,11,15,17,21H,6-7,10,20H2,1-3H3,(H,22,23);1H/t11-,15+,17-;/m0./s1. The number of nitrogens with one attached hydrogen (secondary N) is 2. The maximum Gasteiger partial charge on any atom is 0.255 e. The van der Waals surface area contributed by atoms with E-state index in [2.05, 4.69) is 22.5 Å². The second kappa shape index (κ2) is 10.5. The van der Waals surface area contributed by atoms with Crippen LogP contribution < -0.4 is 21.1 Å². The number of carbonyl (C=O) groups is 1. The van der Waals surface area contributed by atoms with Crippen LogP contribution in [0.15, 0.2) is 12.1 Å². The Labute approximate surface area is 165 Å². The zero-order chi connectivity index (χ0) is 18.4. The van der Waals surface area contributed by atoms with Gasteiger partial charge in [-0.1, -0.05) is 17.5 Å². The number of ether oxygens (including phenoxy) is 2. The normalized spacial score (nSPS) is 20.2. The molecule has 0 aromatic heterocycles. The van der Waals surface area contributed by atoms with E-state index in [9.17, 15) is 4.79 Å². The van der Waals surface area contributed by atoms with E-state index in [0.29, 0.717) is 28.6 Å². The lowest BCUT2D eigenvalue weighted by Gasteiger charge is -2.31. The van der Waals surface area contributed by atoms with Gasteiger partial charge in [-0.3, -0.25) is 4.79 Å². The summed E-state index contributed by atoms with van der Waals surface area (Å²) in [7, 11) is 1.64. The molecular formula is C18H25Cl2N3O3. The molecule has 3 atom stereocenters. The van der Waals surface area contributed by atoms with Crippen LogP contribution in [0.2, 0.25) is 5.02 Å². The molecule has 0 saturated carbocycles. The highest BCUT2D eigenvalue weighted by Gasteiger charge is 2.28. The van der Waals surface area contributed by atoms with Crippen molar-refractivity contribution in [2.45, 2.75) is 38.5 Å². The van der Waals surface area contributed by atoms with Gasteiger partial charge in [0.15, 0.2) is 6.10 Å². The molecule has 0 spiro atoms. The highest BCUT2D eigenvalue weighted by molar-refractivity contribution is 6.33. The van der Waals surface area contributed by atoms with Crippen molar-refractivity contribution >= 4 is 35.6 Å². The molecule has 1 amide bonds. The van der Waals surface area contributed by atoms with Gasteiger partial charge in [0.2, 0.25) is 0 Å². The minimum Gasteiger partial charge on any atom is -0.477 e. The Morgan fingerprint density at radius 2 is 2.23 bits per heavy atom. The van der Waals surface area contributed by atoms with Crippen LogP contribution in [0, 0.1) is 11.8 Å². The van der Waals surface area contributed by atoms with Crippen LogP contribution in [-0.2, 0) is 4.74 Å². The Morgan fingerprint density at radius 3 is 2.88 bits per heavy atom. The van der Waals surface area contributed by atoms with Gasteiger partial charge in [-0.2, -0.15) is 0 Å². The van der Waals surface area contributed by atoms with Gasteiger partial charge < -0.3 is 25.8 Å². The fraction of sp³-hybridized carbons (Fsp3) is 0.500. The number of nitrogen functional groups attached to an aromatic ring is 1. The number of amides is 1. The average Bonchev–Trinajstić information content (AvgIpc) is 2.58. The van der Waals surface area contributed by atoms with Crippen LogP contribution in [0.4, 0.5) is 5.69 Å². The molecule has 1 heterocycles. The number of hydrogen-bond donors (Lipinski definition) is 3. The first-order valence-electron chi connectivity index (χ1n) is 8.18. The lowest BCUT2D eigenvalue weighted by atomic mass is 10.0. The molecule has 6 nitrogen and oxygen atoms in total. The van der Waals surface area contributed by atoms with Crippen molar-refractivity contribution < 1.29 is 14.3 Å². The molecule has 26 heavy (non-hydrogen) atoms. The first-order valence-corrected chi connectivity index (χ1v) is 8.56. The lowest BCUT2D eigenvalue weighted by Crippen LogP contribution is -2.53. The number of methoxy groups -OCH3 is 1. The smallest absolute Gasteiger partial charge is 0.255 e. The molecule has 0 bridgehead atoms. The van der Waals surface area contributed by atoms with Crippen molar-refractivity contribution in [1.29, 1.82) is 0 Å². The topological polar surface area (TPSA) is 85.6 Å². The van der Waals surface area contributed by atoms with E-state index in [-0.39, 0.29) is 36.6 Å². The minimum absolute atomic E-state index is 0. The fourth-order valence-corrected chi connectivity index (χ4v) is 2.92. The first kappa shape index (κ1) is 22.4. The van der Waals surface area contributed by atoms with Crippen molar-refractivity contribution in [2.75, 3.05) is 25.9 Å². The quantitative estimate of drug-likeness (QED) is 0.520. The van der Waals surface area contributed by atoms with Crippen molar-refractivity contribution in [1.82, 2.24) is 10.6 Å². The maximum absolute atomic E-state index is 12.8. The van der Waals surface area contributed by atoms with E-state index < -0.39 is 0 Å². The number of benzene rings is 1. The Balaban J connectivity index is 0.00000338. The molecule has 8 heteroatoms. The summed E-state index contributed by atoms with van der Waals surface area (Å²) >= 11 is 6.10. The van der Waals surface area contributed by atoms with Crippen molar-refractivity contribution in [3.05, 3.63) is 22.7 Å². The van der Waals surface area contributed by atoms with Gasteiger partial charge in [-0.05, 0) is 32.9 Å². The summed E-state index contributed by atoms with van der Waals surface area (Å²) in [6.45, 7) is 5.04. The number of hydrogen-bond acceptors (Lipinski definition) is 5. The Hall–Kier alpha value is -1.65. The molecule has 1 aliphatic rings. The SMILES string of the molecule is CC#C[C@H](C)Oc1cc(N)c(Cl)cc1C(=O)N[C@@H]1CCNC[C@@H]1OC.Cl. The van der Waals surface area contributed by atoms with E-state index in [1.165, 1.54) is 6.07 Å². The van der Waals surface area contributed by atoms with E-state index >= 15 is 0 Å². The van der Waals surface area contributed by atoms with Gasteiger partial charge in [0.05, 0.1) is 28.4 Å². The van der Waals surface area contributed by atoms with Gasteiger partial charge in [0.1, 0.15) is 5.75 Å². The van der Waals surface area contributed by atoms with Crippen LogP contribution in [0.3, 0.4) is 0 Å². The monoisotopic (exact) mass is 401 g/mol. The lowest BCUT2D eigenvalue weighted by molar-refractivity contribution is 0.0475. The van der Waals surface area contributed by atoms with Gasteiger partial charge in [-0.15, -0.1) is 18.3 Å². The Kier molecular flexibility index (Phi) is 9.03. The summed E-state index contributed by atoms with van der Waals surface area (Å²) < 4.78 is 11.2. The number of halogens is 2. The van der Waals surface area contributed by atoms with E-state index in [4.69, 9.17) is 26.8 Å². The number of anilines is 1. The van der Waals surface area contributed by atoms with Crippen LogP contribution in [0.1, 0.15) is 30.6 Å². The third-order valence-corrected chi connectivity index (χ3v) is 4.37. The van der Waals surface area contributed by atoms with Crippen LogP contribution >= 0.6 is 24.0 Å². The zero-order valence-electron chi connectivity index (χ0n) is 15.1. The van der Waals surface area contributed by atoms with Crippen molar-refractivity contribution in [3.63, 3.8) is 0 Å². The number of rotatable bonds is 5. The molecular weight excluding hydrogens is 377 g/mol.